The van der Waals surface area contributed by atoms with Gasteiger partial charge in [-0.25, -0.2) is 4.79 Å². The summed E-state index contributed by atoms with van der Waals surface area (Å²) in [5, 5.41) is 5.25. The normalized spacial score (nSPS) is 10.6. The number of alkyl halides is 2. The van der Waals surface area contributed by atoms with Gasteiger partial charge in [0.15, 0.2) is 6.61 Å². The van der Waals surface area contributed by atoms with E-state index in [1.54, 1.807) is 24.3 Å². The summed E-state index contributed by atoms with van der Waals surface area (Å²) in [5.41, 5.74) is 0.570. The van der Waals surface area contributed by atoms with Crippen LogP contribution in [0.25, 0.3) is 0 Å². The van der Waals surface area contributed by atoms with Gasteiger partial charge < -0.3 is 20.1 Å². The lowest BCUT2D eigenvalue weighted by Gasteiger charge is -2.11. The van der Waals surface area contributed by atoms with E-state index in [1.165, 1.54) is 36.0 Å². The van der Waals surface area contributed by atoms with Crippen LogP contribution in [0.3, 0.4) is 0 Å². The smallest absolute Gasteiger partial charge is 0.387 e. The second-order valence-electron chi connectivity index (χ2n) is 6.53. The van der Waals surface area contributed by atoms with Crippen molar-refractivity contribution in [2.75, 3.05) is 17.7 Å². The highest BCUT2D eigenvalue weighted by Crippen LogP contribution is 2.23. The molecule has 0 bridgehead atoms. The molecule has 2 aromatic rings. The molecule has 2 aromatic carbocycles. The Labute approximate surface area is 182 Å². The fourth-order valence-corrected chi connectivity index (χ4v) is 3.25. The Hall–Kier alpha value is -3.14. The van der Waals surface area contributed by atoms with Crippen molar-refractivity contribution in [1.29, 1.82) is 0 Å². The number of carbonyl (C=O) groups excluding carboxylic acids is 3. The lowest BCUT2D eigenvalue weighted by Crippen LogP contribution is -2.31. The van der Waals surface area contributed by atoms with E-state index in [1.807, 2.05) is 13.8 Å². The highest BCUT2D eigenvalue weighted by atomic mass is 32.2. The first-order chi connectivity index (χ1) is 14.7. The number of benzene rings is 2. The van der Waals surface area contributed by atoms with Gasteiger partial charge in [0.1, 0.15) is 5.75 Å². The number of anilines is 1. The molecule has 2 amide bonds. The van der Waals surface area contributed by atoms with Crippen molar-refractivity contribution in [2.45, 2.75) is 31.4 Å². The SMILES string of the molecule is CC(C)NC(=O)CSc1ccccc1C(=O)OCC(=O)Nc1ccc(OC(F)F)cc1. The molecule has 0 radical (unpaired) electrons. The molecule has 0 aliphatic rings. The van der Waals surface area contributed by atoms with Crippen molar-refractivity contribution in [1.82, 2.24) is 5.32 Å². The molecule has 0 aromatic heterocycles. The van der Waals surface area contributed by atoms with Crippen LogP contribution in [-0.2, 0) is 14.3 Å². The van der Waals surface area contributed by atoms with E-state index in [-0.39, 0.29) is 29.0 Å². The summed E-state index contributed by atoms with van der Waals surface area (Å²) < 4.78 is 33.6. The lowest BCUT2D eigenvalue weighted by molar-refractivity contribution is -0.119. The number of ether oxygens (including phenoxy) is 2. The Morgan fingerprint density at radius 3 is 2.32 bits per heavy atom. The highest BCUT2D eigenvalue weighted by Gasteiger charge is 2.16. The number of hydrogen-bond donors (Lipinski definition) is 2. The molecule has 0 atom stereocenters. The Bertz CT molecular complexity index is 907. The first-order valence-electron chi connectivity index (χ1n) is 9.27. The van der Waals surface area contributed by atoms with E-state index in [2.05, 4.69) is 15.4 Å². The van der Waals surface area contributed by atoms with Crippen LogP contribution in [0.4, 0.5) is 14.5 Å². The number of thioether (sulfide) groups is 1. The molecule has 2 N–H and O–H groups in total. The van der Waals surface area contributed by atoms with Gasteiger partial charge >= 0.3 is 12.6 Å². The molecule has 0 saturated carbocycles. The van der Waals surface area contributed by atoms with E-state index < -0.39 is 25.1 Å². The molecule has 10 heteroatoms. The Balaban J connectivity index is 1.88. The Morgan fingerprint density at radius 1 is 1.00 bits per heavy atom. The number of nitrogens with one attached hydrogen (secondary N) is 2. The van der Waals surface area contributed by atoms with E-state index in [4.69, 9.17) is 4.74 Å². The summed E-state index contributed by atoms with van der Waals surface area (Å²) >= 11 is 1.19. The average molecular weight is 452 g/mol. The van der Waals surface area contributed by atoms with Gasteiger partial charge in [-0.15, -0.1) is 11.8 Å². The zero-order valence-electron chi connectivity index (χ0n) is 16.9. The molecular formula is C21H22F2N2O5S. The van der Waals surface area contributed by atoms with Crippen LogP contribution < -0.4 is 15.4 Å². The van der Waals surface area contributed by atoms with Crippen LogP contribution in [0.1, 0.15) is 24.2 Å². The van der Waals surface area contributed by atoms with Crippen molar-refractivity contribution >= 4 is 35.2 Å². The van der Waals surface area contributed by atoms with Crippen LogP contribution >= 0.6 is 11.8 Å². The first-order valence-corrected chi connectivity index (χ1v) is 10.3. The summed E-state index contributed by atoms with van der Waals surface area (Å²) in [6.45, 7) is 0.223. The summed E-state index contributed by atoms with van der Waals surface area (Å²) in [5.74, 6) is -1.38. The molecule has 0 saturated heterocycles. The van der Waals surface area contributed by atoms with Crippen molar-refractivity contribution in [3.8, 4) is 5.75 Å². The number of amides is 2. The minimum atomic E-state index is -2.94. The monoisotopic (exact) mass is 452 g/mol. The summed E-state index contributed by atoms with van der Waals surface area (Å²) in [6, 6.07) is 11.9. The van der Waals surface area contributed by atoms with Crippen molar-refractivity contribution in [3.63, 3.8) is 0 Å². The minimum absolute atomic E-state index is 0.0138. The number of halogens is 2. The van der Waals surface area contributed by atoms with Gasteiger partial charge in [-0.2, -0.15) is 8.78 Å². The maximum Gasteiger partial charge on any atom is 0.387 e. The molecule has 0 spiro atoms. The molecule has 0 aliphatic carbocycles. The second-order valence-corrected chi connectivity index (χ2v) is 7.55. The van der Waals surface area contributed by atoms with Crippen molar-refractivity contribution < 1.29 is 32.6 Å². The second kappa shape index (κ2) is 11.9. The fraction of sp³-hybridized carbons (Fsp3) is 0.286. The molecule has 0 heterocycles. The third kappa shape index (κ3) is 8.63. The van der Waals surface area contributed by atoms with Gasteiger partial charge in [0.05, 0.1) is 11.3 Å². The van der Waals surface area contributed by atoms with Crippen LogP contribution in [0.2, 0.25) is 0 Å². The number of esters is 1. The van der Waals surface area contributed by atoms with Gasteiger partial charge in [0.25, 0.3) is 5.91 Å². The van der Waals surface area contributed by atoms with Gasteiger partial charge in [0, 0.05) is 16.6 Å². The van der Waals surface area contributed by atoms with Crippen LogP contribution in [0.5, 0.6) is 5.75 Å². The van der Waals surface area contributed by atoms with Crippen LogP contribution in [0.15, 0.2) is 53.4 Å². The fourth-order valence-electron chi connectivity index (χ4n) is 2.39. The predicted molar refractivity (Wildman–Crippen MR) is 112 cm³/mol. The molecule has 0 unspecified atom stereocenters. The number of rotatable bonds is 10. The summed E-state index contributed by atoms with van der Waals surface area (Å²) in [6.07, 6.45) is 0. The third-order valence-corrected chi connectivity index (χ3v) is 4.69. The molecular weight excluding hydrogens is 430 g/mol. The molecule has 31 heavy (non-hydrogen) atoms. The molecule has 0 aliphatic heterocycles. The molecule has 7 nitrogen and oxygen atoms in total. The van der Waals surface area contributed by atoms with Crippen molar-refractivity contribution in [3.05, 3.63) is 54.1 Å². The maximum atomic E-state index is 12.4. The summed E-state index contributed by atoms with van der Waals surface area (Å²) in [7, 11) is 0. The van der Waals surface area contributed by atoms with Crippen LogP contribution in [-0.4, -0.2) is 42.8 Å². The number of hydrogen-bond acceptors (Lipinski definition) is 6. The van der Waals surface area contributed by atoms with E-state index >= 15 is 0 Å². The highest BCUT2D eigenvalue weighted by molar-refractivity contribution is 8.00. The Kier molecular flexibility index (Phi) is 9.26. The first kappa shape index (κ1) is 24.1. The lowest BCUT2D eigenvalue weighted by atomic mass is 10.2. The Morgan fingerprint density at radius 2 is 1.68 bits per heavy atom. The number of carbonyl (C=O) groups is 3. The molecule has 166 valence electrons. The minimum Gasteiger partial charge on any atom is -0.452 e. The van der Waals surface area contributed by atoms with Crippen LogP contribution in [0, 0.1) is 0 Å². The quantitative estimate of drug-likeness (QED) is 0.422. The van der Waals surface area contributed by atoms with Crippen molar-refractivity contribution in [2.24, 2.45) is 0 Å². The van der Waals surface area contributed by atoms with Gasteiger partial charge in [-0.05, 0) is 50.2 Å². The average Bonchev–Trinajstić information content (AvgIpc) is 2.71. The predicted octanol–water partition coefficient (Wildman–Crippen LogP) is 3.70. The topological polar surface area (TPSA) is 93.7 Å². The largest absolute Gasteiger partial charge is 0.452 e. The summed E-state index contributed by atoms with van der Waals surface area (Å²) in [4.78, 5) is 36.8. The van der Waals surface area contributed by atoms with E-state index in [0.29, 0.717) is 10.6 Å². The van der Waals surface area contributed by atoms with Gasteiger partial charge in [-0.3, -0.25) is 9.59 Å². The third-order valence-electron chi connectivity index (χ3n) is 3.61. The molecule has 0 fully saturated rings. The van der Waals surface area contributed by atoms with E-state index in [9.17, 15) is 23.2 Å². The van der Waals surface area contributed by atoms with Gasteiger partial charge in [-0.1, -0.05) is 12.1 Å². The zero-order chi connectivity index (χ0) is 22.8. The zero-order valence-corrected chi connectivity index (χ0v) is 17.7. The maximum absolute atomic E-state index is 12.4. The van der Waals surface area contributed by atoms with Gasteiger partial charge in [0.2, 0.25) is 5.91 Å². The molecule has 2 rings (SSSR count). The van der Waals surface area contributed by atoms with E-state index in [0.717, 1.165) is 0 Å². The standard InChI is InChI=1S/C21H22F2N2O5S/c1-13(2)24-19(27)12-31-17-6-4-3-5-16(17)20(28)29-11-18(26)25-14-7-9-15(10-8-14)30-21(22)23/h3-10,13,21H,11-12H2,1-2H3,(H,24,27)(H,25,26).